The molecule has 1 aromatic carbocycles. The van der Waals surface area contributed by atoms with Crippen LogP contribution < -0.4 is 15.2 Å². The Bertz CT molecular complexity index is 490. The summed E-state index contributed by atoms with van der Waals surface area (Å²) in [6.45, 7) is -1.45. The molecule has 1 aromatic rings. The molecule has 0 saturated heterocycles. The second kappa shape index (κ2) is 7.10. The van der Waals surface area contributed by atoms with Crippen molar-refractivity contribution in [3.63, 3.8) is 0 Å². The zero-order valence-corrected chi connectivity index (χ0v) is 10.4. The third kappa shape index (κ3) is 4.94. The van der Waals surface area contributed by atoms with Crippen molar-refractivity contribution >= 4 is 17.7 Å². The second-order valence-electron chi connectivity index (χ2n) is 3.69. The lowest BCUT2D eigenvalue weighted by Gasteiger charge is -2.09. The van der Waals surface area contributed by atoms with Gasteiger partial charge in [0, 0.05) is 11.6 Å². The van der Waals surface area contributed by atoms with Crippen LogP contribution >= 0.6 is 0 Å². The molecule has 0 unspecified atom stereocenters. The predicted molar refractivity (Wildman–Crippen MR) is 66.1 cm³/mol. The van der Waals surface area contributed by atoms with Crippen LogP contribution in [0.2, 0.25) is 0 Å². The Morgan fingerprint density at radius 2 is 1.40 bits per heavy atom. The minimum absolute atomic E-state index is 0.0760. The summed E-state index contributed by atoms with van der Waals surface area (Å²) in [5, 5.41) is 17.0. The number of aliphatic carboxylic acids is 2. The van der Waals surface area contributed by atoms with Crippen LogP contribution in [0.1, 0.15) is 10.4 Å². The van der Waals surface area contributed by atoms with Crippen LogP contribution in [0.5, 0.6) is 11.5 Å². The summed E-state index contributed by atoms with van der Waals surface area (Å²) >= 11 is 0. The second-order valence-corrected chi connectivity index (χ2v) is 3.69. The highest BCUT2D eigenvalue weighted by atomic mass is 16.5. The number of ketones is 1. The number of rotatable bonds is 8. The standard InChI is InChI=1S/C12H13NO7/c13-4-10(14)7-1-8(19-5-11(15)16)3-9(2-7)20-6-12(17)18/h1-3H,4-6,13H2,(H,15,16)(H,17,18). The average molecular weight is 283 g/mol. The number of nitrogens with two attached hydrogens (primary N) is 1. The first-order valence-corrected chi connectivity index (χ1v) is 5.50. The van der Waals surface area contributed by atoms with Crippen LogP contribution in [-0.2, 0) is 9.59 Å². The Morgan fingerprint density at radius 1 is 0.950 bits per heavy atom. The van der Waals surface area contributed by atoms with E-state index in [2.05, 4.69) is 0 Å². The molecule has 0 radical (unpaired) electrons. The summed E-state index contributed by atoms with van der Waals surface area (Å²) in [5.41, 5.74) is 5.38. The molecule has 0 spiro atoms. The van der Waals surface area contributed by atoms with Gasteiger partial charge < -0.3 is 25.4 Å². The summed E-state index contributed by atoms with van der Waals surface area (Å²) in [7, 11) is 0. The summed E-state index contributed by atoms with van der Waals surface area (Å²) in [6, 6.07) is 3.91. The summed E-state index contributed by atoms with van der Waals surface area (Å²) < 4.78 is 9.86. The molecule has 0 bridgehead atoms. The predicted octanol–water partition coefficient (Wildman–Crippen LogP) is -0.245. The van der Waals surface area contributed by atoms with Gasteiger partial charge >= 0.3 is 11.9 Å². The molecule has 0 saturated carbocycles. The van der Waals surface area contributed by atoms with E-state index in [0.717, 1.165) is 0 Å². The number of carboxylic acids is 2. The fourth-order valence-electron chi connectivity index (χ4n) is 1.31. The van der Waals surface area contributed by atoms with Gasteiger partial charge in [-0.1, -0.05) is 0 Å². The fourth-order valence-corrected chi connectivity index (χ4v) is 1.31. The molecule has 0 atom stereocenters. The Balaban J connectivity index is 2.97. The van der Waals surface area contributed by atoms with Crippen molar-refractivity contribution in [2.24, 2.45) is 5.73 Å². The van der Waals surface area contributed by atoms with Gasteiger partial charge in [-0.25, -0.2) is 9.59 Å². The van der Waals surface area contributed by atoms with Crippen LogP contribution in [0.3, 0.4) is 0 Å². The summed E-state index contributed by atoms with van der Waals surface area (Å²) in [4.78, 5) is 32.4. The lowest BCUT2D eigenvalue weighted by molar-refractivity contribution is -0.140. The molecule has 0 fully saturated rings. The number of hydrogen-bond acceptors (Lipinski definition) is 6. The number of ether oxygens (including phenoxy) is 2. The molecule has 0 aliphatic rings. The number of hydrogen-bond donors (Lipinski definition) is 3. The van der Waals surface area contributed by atoms with Crippen LogP contribution in [0.15, 0.2) is 18.2 Å². The highest BCUT2D eigenvalue weighted by Gasteiger charge is 2.11. The smallest absolute Gasteiger partial charge is 0.341 e. The Kier molecular flexibility index (Phi) is 5.48. The Labute approximate surface area is 113 Å². The molecule has 8 heteroatoms. The molecule has 20 heavy (non-hydrogen) atoms. The number of carbonyl (C=O) groups excluding carboxylic acids is 1. The zero-order chi connectivity index (χ0) is 15.1. The molecule has 0 heterocycles. The lowest BCUT2D eigenvalue weighted by Crippen LogP contribution is -2.15. The van der Waals surface area contributed by atoms with Gasteiger partial charge in [0.25, 0.3) is 0 Å². The molecule has 0 amide bonds. The first-order valence-electron chi connectivity index (χ1n) is 5.50. The quantitative estimate of drug-likeness (QED) is 0.556. The molecule has 0 aliphatic heterocycles. The molecular weight excluding hydrogens is 270 g/mol. The van der Waals surface area contributed by atoms with Crippen molar-refractivity contribution in [3.05, 3.63) is 23.8 Å². The van der Waals surface area contributed by atoms with E-state index in [4.69, 9.17) is 25.4 Å². The van der Waals surface area contributed by atoms with Gasteiger partial charge in [-0.2, -0.15) is 0 Å². The minimum Gasteiger partial charge on any atom is -0.482 e. The van der Waals surface area contributed by atoms with Gasteiger partial charge in [-0.3, -0.25) is 4.79 Å². The van der Waals surface area contributed by atoms with Gasteiger partial charge in [0.15, 0.2) is 19.0 Å². The van der Waals surface area contributed by atoms with Crippen molar-refractivity contribution in [2.75, 3.05) is 19.8 Å². The highest BCUT2D eigenvalue weighted by molar-refractivity contribution is 5.98. The fraction of sp³-hybridized carbons (Fsp3) is 0.250. The van der Waals surface area contributed by atoms with E-state index in [0.29, 0.717) is 0 Å². The van der Waals surface area contributed by atoms with Crippen molar-refractivity contribution in [2.45, 2.75) is 0 Å². The third-order valence-electron chi connectivity index (χ3n) is 2.11. The van der Waals surface area contributed by atoms with E-state index in [1.165, 1.54) is 18.2 Å². The molecular formula is C12H13NO7. The largest absolute Gasteiger partial charge is 0.482 e. The van der Waals surface area contributed by atoms with Gasteiger partial charge in [0.1, 0.15) is 11.5 Å². The van der Waals surface area contributed by atoms with Gasteiger partial charge in [0.05, 0.1) is 6.54 Å². The van der Waals surface area contributed by atoms with Crippen molar-refractivity contribution < 1.29 is 34.1 Å². The monoisotopic (exact) mass is 283 g/mol. The van der Waals surface area contributed by atoms with Crippen LogP contribution in [0, 0.1) is 0 Å². The van der Waals surface area contributed by atoms with E-state index in [1.54, 1.807) is 0 Å². The molecule has 1 rings (SSSR count). The van der Waals surface area contributed by atoms with Crippen molar-refractivity contribution in [1.29, 1.82) is 0 Å². The lowest BCUT2D eigenvalue weighted by atomic mass is 10.1. The maximum atomic E-state index is 11.5. The SMILES string of the molecule is NCC(=O)c1cc(OCC(=O)O)cc(OCC(=O)O)c1. The van der Waals surface area contributed by atoms with Crippen molar-refractivity contribution in [3.8, 4) is 11.5 Å². The number of benzene rings is 1. The molecule has 0 aromatic heterocycles. The van der Waals surface area contributed by atoms with E-state index < -0.39 is 30.9 Å². The maximum Gasteiger partial charge on any atom is 0.341 e. The van der Waals surface area contributed by atoms with Crippen LogP contribution in [-0.4, -0.2) is 47.7 Å². The van der Waals surface area contributed by atoms with Crippen LogP contribution in [0.4, 0.5) is 0 Å². The van der Waals surface area contributed by atoms with Crippen molar-refractivity contribution in [1.82, 2.24) is 0 Å². The average Bonchev–Trinajstić information content (AvgIpc) is 2.41. The van der Waals surface area contributed by atoms with E-state index in [-0.39, 0.29) is 23.6 Å². The molecule has 108 valence electrons. The first-order chi connectivity index (χ1) is 9.42. The van der Waals surface area contributed by atoms with Gasteiger partial charge in [0.2, 0.25) is 0 Å². The topological polar surface area (TPSA) is 136 Å². The molecule has 8 nitrogen and oxygen atoms in total. The highest BCUT2D eigenvalue weighted by Crippen LogP contribution is 2.23. The van der Waals surface area contributed by atoms with Gasteiger partial charge in [-0.05, 0) is 12.1 Å². The van der Waals surface area contributed by atoms with Gasteiger partial charge in [-0.15, -0.1) is 0 Å². The normalized spacial score (nSPS) is 9.85. The van der Waals surface area contributed by atoms with E-state index in [9.17, 15) is 14.4 Å². The van der Waals surface area contributed by atoms with Crippen LogP contribution in [0.25, 0.3) is 0 Å². The number of carbonyl (C=O) groups is 3. The Hall–Kier alpha value is -2.61. The number of carboxylic acid groups (broad SMARTS) is 2. The van der Waals surface area contributed by atoms with E-state index in [1.807, 2.05) is 0 Å². The zero-order valence-electron chi connectivity index (χ0n) is 10.4. The molecule has 0 aliphatic carbocycles. The summed E-state index contributed by atoms with van der Waals surface area (Å²) in [6.07, 6.45) is 0. The van der Waals surface area contributed by atoms with E-state index >= 15 is 0 Å². The number of Topliss-reactive ketones (excluding diaryl/α,β-unsaturated/α-hetero) is 1. The molecule has 4 N–H and O–H groups in total. The Morgan fingerprint density at radius 3 is 1.75 bits per heavy atom. The third-order valence-corrected chi connectivity index (χ3v) is 2.11. The summed E-state index contributed by atoms with van der Waals surface area (Å²) in [5.74, 6) is -2.63. The minimum atomic E-state index is -1.19. The maximum absolute atomic E-state index is 11.5. The first kappa shape index (κ1) is 15.4.